The lowest BCUT2D eigenvalue weighted by atomic mass is 10.1. The summed E-state index contributed by atoms with van der Waals surface area (Å²) in [5.41, 5.74) is 3.44. The molecule has 3 aromatic rings. The third kappa shape index (κ3) is 4.41. The highest BCUT2D eigenvalue weighted by Crippen LogP contribution is 2.18. The lowest BCUT2D eigenvalue weighted by Crippen LogP contribution is -2.21. The Morgan fingerprint density at radius 1 is 1.15 bits per heavy atom. The predicted molar refractivity (Wildman–Crippen MR) is 105 cm³/mol. The normalized spacial score (nSPS) is 10.5. The maximum Gasteiger partial charge on any atom is 0.274 e. The number of rotatable bonds is 5. The summed E-state index contributed by atoms with van der Waals surface area (Å²) in [4.78, 5) is 31.6. The molecule has 27 heavy (non-hydrogen) atoms. The van der Waals surface area contributed by atoms with Crippen molar-refractivity contribution in [3.05, 3.63) is 87.1 Å². The Labute approximate surface area is 157 Å². The van der Waals surface area contributed by atoms with Crippen LogP contribution in [0.4, 0.5) is 5.69 Å². The quantitative estimate of drug-likeness (QED) is 0.729. The minimum Gasteiger partial charge on any atom is -0.497 e. The van der Waals surface area contributed by atoms with Gasteiger partial charge in [0.05, 0.1) is 7.11 Å². The number of benzene rings is 2. The molecule has 1 amide bonds. The molecule has 0 aliphatic rings. The van der Waals surface area contributed by atoms with Gasteiger partial charge in [-0.1, -0.05) is 24.3 Å². The van der Waals surface area contributed by atoms with Gasteiger partial charge in [-0.15, -0.1) is 0 Å². The second kappa shape index (κ2) is 7.86. The van der Waals surface area contributed by atoms with E-state index < -0.39 is 5.91 Å². The maximum atomic E-state index is 12.6. The van der Waals surface area contributed by atoms with Gasteiger partial charge >= 0.3 is 0 Å². The number of amides is 1. The number of nitrogens with zero attached hydrogens (tertiary/aromatic N) is 1. The first kappa shape index (κ1) is 18.4. The van der Waals surface area contributed by atoms with Gasteiger partial charge in [-0.2, -0.15) is 0 Å². The fourth-order valence-corrected chi connectivity index (χ4v) is 2.72. The highest BCUT2D eigenvalue weighted by atomic mass is 16.5. The Balaban J connectivity index is 1.82. The molecule has 138 valence electrons. The first-order valence-electron chi connectivity index (χ1n) is 8.57. The molecule has 6 nitrogen and oxygen atoms in total. The van der Waals surface area contributed by atoms with Crippen LogP contribution < -0.4 is 15.6 Å². The summed E-state index contributed by atoms with van der Waals surface area (Å²) in [6.07, 6.45) is 0.407. The number of hydrogen-bond acceptors (Lipinski definition) is 4. The molecule has 2 N–H and O–H groups in total. The fourth-order valence-electron chi connectivity index (χ4n) is 2.72. The Kier molecular flexibility index (Phi) is 5.35. The summed E-state index contributed by atoms with van der Waals surface area (Å²) in [5.74, 6) is 0.770. The lowest BCUT2D eigenvalue weighted by molar-refractivity contribution is 0.102. The van der Waals surface area contributed by atoms with Gasteiger partial charge < -0.3 is 15.0 Å². The molecule has 0 aliphatic heterocycles. The summed E-state index contributed by atoms with van der Waals surface area (Å²) < 4.78 is 5.14. The van der Waals surface area contributed by atoms with Crippen molar-refractivity contribution < 1.29 is 9.53 Å². The molecule has 0 unspecified atom stereocenters. The van der Waals surface area contributed by atoms with Crippen LogP contribution in [0.2, 0.25) is 0 Å². The van der Waals surface area contributed by atoms with Gasteiger partial charge in [-0.05, 0) is 48.7 Å². The number of aryl methyl sites for hydroxylation is 1. The van der Waals surface area contributed by atoms with E-state index >= 15 is 0 Å². The van der Waals surface area contributed by atoms with E-state index in [1.807, 2.05) is 56.3 Å². The number of aromatic nitrogens is 2. The molecule has 0 radical (unpaired) electrons. The largest absolute Gasteiger partial charge is 0.497 e. The van der Waals surface area contributed by atoms with Crippen LogP contribution >= 0.6 is 0 Å². The predicted octanol–water partition coefficient (Wildman–Crippen LogP) is 3.24. The number of ether oxygens (including phenoxy) is 1. The van der Waals surface area contributed by atoms with Crippen LogP contribution in [0, 0.1) is 13.8 Å². The van der Waals surface area contributed by atoms with E-state index in [1.54, 1.807) is 7.11 Å². The van der Waals surface area contributed by atoms with Crippen LogP contribution in [0.3, 0.4) is 0 Å². The molecule has 3 rings (SSSR count). The van der Waals surface area contributed by atoms with Gasteiger partial charge in [0.2, 0.25) is 0 Å². The third-order valence-electron chi connectivity index (χ3n) is 4.41. The van der Waals surface area contributed by atoms with E-state index in [4.69, 9.17) is 4.74 Å². The van der Waals surface area contributed by atoms with E-state index in [1.165, 1.54) is 6.07 Å². The zero-order chi connectivity index (χ0) is 19.4. The van der Waals surface area contributed by atoms with Gasteiger partial charge in [0.15, 0.2) is 0 Å². The summed E-state index contributed by atoms with van der Waals surface area (Å²) in [6.45, 7) is 3.91. The molecule has 1 heterocycles. The Hall–Kier alpha value is -3.41. The number of hydrogen-bond donors (Lipinski definition) is 2. The second-order valence-electron chi connectivity index (χ2n) is 6.30. The number of anilines is 1. The number of aromatic amines is 1. The van der Waals surface area contributed by atoms with Gasteiger partial charge in [0.1, 0.15) is 17.3 Å². The Bertz CT molecular complexity index is 1020. The summed E-state index contributed by atoms with van der Waals surface area (Å²) in [5, 5.41) is 2.83. The first-order valence-corrected chi connectivity index (χ1v) is 8.57. The lowest BCUT2D eigenvalue weighted by Gasteiger charge is -2.10. The van der Waals surface area contributed by atoms with Crippen molar-refractivity contribution in [3.63, 3.8) is 0 Å². The van der Waals surface area contributed by atoms with Crippen molar-refractivity contribution in [2.75, 3.05) is 12.4 Å². The number of H-pyrrole nitrogens is 1. The average Bonchev–Trinajstić information content (AvgIpc) is 2.65. The molecular formula is C21H21N3O3. The highest BCUT2D eigenvalue weighted by molar-refractivity contribution is 6.03. The minimum absolute atomic E-state index is 0.0863. The molecule has 0 fully saturated rings. The van der Waals surface area contributed by atoms with Crippen LogP contribution in [0.25, 0.3) is 0 Å². The number of carbonyl (C=O) groups excluding carboxylic acids is 1. The Morgan fingerprint density at radius 3 is 2.59 bits per heavy atom. The Morgan fingerprint density at radius 2 is 1.89 bits per heavy atom. The summed E-state index contributed by atoms with van der Waals surface area (Å²) in [6, 6.07) is 14.3. The molecular weight excluding hydrogens is 342 g/mol. The fraction of sp³-hybridized carbons (Fsp3) is 0.190. The van der Waals surface area contributed by atoms with Gasteiger partial charge in [0, 0.05) is 18.2 Å². The molecule has 0 spiro atoms. The molecule has 0 bridgehead atoms. The zero-order valence-corrected chi connectivity index (χ0v) is 15.5. The summed E-state index contributed by atoms with van der Waals surface area (Å²) >= 11 is 0. The van der Waals surface area contributed by atoms with Crippen molar-refractivity contribution in [2.45, 2.75) is 20.3 Å². The van der Waals surface area contributed by atoms with Crippen molar-refractivity contribution in [2.24, 2.45) is 0 Å². The monoisotopic (exact) mass is 363 g/mol. The summed E-state index contributed by atoms with van der Waals surface area (Å²) in [7, 11) is 1.60. The zero-order valence-electron chi connectivity index (χ0n) is 15.5. The molecule has 1 aromatic heterocycles. The first-order chi connectivity index (χ1) is 13.0. The van der Waals surface area contributed by atoms with Gasteiger partial charge in [0.25, 0.3) is 11.5 Å². The van der Waals surface area contributed by atoms with E-state index in [0.29, 0.717) is 17.9 Å². The molecule has 0 saturated carbocycles. The average molecular weight is 363 g/mol. The van der Waals surface area contributed by atoms with Crippen molar-refractivity contribution in [1.29, 1.82) is 0 Å². The number of nitrogens with one attached hydrogen (secondary N) is 2. The van der Waals surface area contributed by atoms with E-state index in [2.05, 4.69) is 15.3 Å². The van der Waals surface area contributed by atoms with Gasteiger partial charge in [-0.25, -0.2) is 4.98 Å². The number of carbonyl (C=O) groups is 1. The van der Waals surface area contributed by atoms with Crippen molar-refractivity contribution in [3.8, 4) is 5.75 Å². The SMILES string of the molecule is COc1ccc(Cc2nc(C(=O)Nc3cccc(C)c3C)cc(=O)[nH]2)cc1. The maximum absolute atomic E-state index is 12.6. The topological polar surface area (TPSA) is 84.1 Å². The molecule has 0 aliphatic carbocycles. The van der Waals surface area contributed by atoms with Crippen LogP contribution in [-0.2, 0) is 6.42 Å². The van der Waals surface area contributed by atoms with Crippen LogP contribution in [0.1, 0.15) is 33.0 Å². The molecule has 6 heteroatoms. The number of methoxy groups -OCH3 is 1. The molecule has 0 saturated heterocycles. The second-order valence-corrected chi connectivity index (χ2v) is 6.30. The van der Waals surface area contributed by atoms with E-state index in [9.17, 15) is 9.59 Å². The van der Waals surface area contributed by atoms with Crippen LogP contribution in [-0.4, -0.2) is 23.0 Å². The molecule has 2 aromatic carbocycles. The van der Waals surface area contributed by atoms with Crippen LogP contribution in [0.15, 0.2) is 53.3 Å². The van der Waals surface area contributed by atoms with E-state index in [0.717, 1.165) is 22.4 Å². The smallest absolute Gasteiger partial charge is 0.274 e. The highest BCUT2D eigenvalue weighted by Gasteiger charge is 2.12. The standard InChI is InChI=1S/C21H21N3O3/c1-13-5-4-6-17(14(13)2)23-21(26)18-12-20(25)24-19(22-18)11-15-7-9-16(27-3)10-8-15/h4-10,12H,11H2,1-3H3,(H,23,26)(H,22,24,25). The van der Waals surface area contributed by atoms with E-state index in [-0.39, 0.29) is 11.3 Å². The third-order valence-corrected chi connectivity index (χ3v) is 4.41. The minimum atomic E-state index is -0.411. The van der Waals surface area contributed by atoms with Crippen molar-refractivity contribution in [1.82, 2.24) is 9.97 Å². The van der Waals surface area contributed by atoms with Crippen LogP contribution in [0.5, 0.6) is 5.75 Å². The van der Waals surface area contributed by atoms with Crippen molar-refractivity contribution >= 4 is 11.6 Å². The van der Waals surface area contributed by atoms with Gasteiger partial charge in [-0.3, -0.25) is 9.59 Å². The molecule has 0 atom stereocenters.